The number of likely N-dealkylation sites (N-methyl/N-ethyl adjacent to an activating group) is 1. The second-order valence-corrected chi connectivity index (χ2v) is 3.76. The van der Waals surface area contributed by atoms with E-state index in [1.165, 1.54) is 11.1 Å². The van der Waals surface area contributed by atoms with Crippen LogP contribution in [0.1, 0.15) is 11.1 Å². The molecule has 0 bridgehead atoms. The van der Waals surface area contributed by atoms with Gasteiger partial charge in [-0.05, 0) is 11.6 Å². The van der Waals surface area contributed by atoms with Gasteiger partial charge in [0.15, 0.2) is 6.21 Å². The maximum absolute atomic E-state index is 5.37. The monoisotopic (exact) mass is 206 g/mol. The van der Waals surface area contributed by atoms with Gasteiger partial charge in [-0.2, -0.15) is 0 Å². The summed E-state index contributed by atoms with van der Waals surface area (Å²) in [6.07, 6.45) is 3.16. The van der Waals surface area contributed by atoms with E-state index < -0.39 is 0 Å². The molecule has 0 aliphatic carbocycles. The molecule has 2 rings (SSSR count). The van der Waals surface area contributed by atoms with Crippen molar-refractivity contribution in [1.82, 2.24) is 0 Å². The number of fused-ring (bicyclic) bond motifs is 1. The largest absolute Gasteiger partial charge is 0.497 e. The Kier molecular flexibility index (Phi) is 2.62. The highest BCUT2D eigenvalue weighted by molar-refractivity contribution is 5.83. The van der Waals surface area contributed by atoms with Gasteiger partial charge in [-0.15, -0.1) is 0 Å². The van der Waals surface area contributed by atoms with Crippen LogP contribution in [0.15, 0.2) is 12.1 Å². The van der Waals surface area contributed by atoms with Gasteiger partial charge in [0.05, 0.1) is 19.8 Å². The topological polar surface area (TPSA) is 21.5 Å². The van der Waals surface area contributed by atoms with E-state index in [1.807, 2.05) is 6.07 Å². The molecule has 0 fully saturated rings. The zero-order valence-corrected chi connectivity index (χ0v) is 9.41. The van der Waals surface area contributed by atoms with Crippen LogP contribution in [0.5, 0.6) is 11.5 Å². The third-order valence-corrected chi connectivity index (χ3v) is 2.74. The van der Waals surface area contributed by atoms with E-state index in [4.69, 9.17) is 9.47 Å². The molecule has 0 saturated heterocycles. The van der Waals surface area contributed by atoms with Crippen molar-refractivity contribution in [2.75, 3.05) is 27.8 Å². The Morgan fingerprint density at radius 3 is 2.67 bits per heavy atom. The van der Waals surface area contributed by atoms with Gasteiger partial charge in [0.1, 0.15) is 25.1 Å². The summed E-state index contributed by atoms with van der Waals surface area (Å²) in [4.78, 5) is 0. The molecule has 1 aliphatic heterocycles. The third-order valence-electron chi connectivity index (χ3n) is 2.74. The molecule has 0 N–H and O–H groups in total. The Labute approximate surface area is 89.9 Å². The molecule has 0 unspecified atom stereocenters. The number of methoxy groups -OCH3 is 2. The smallest absolute Gasteiger partial charge is 0.174 e. The van der Waals surface area contributed by atoms with Gasteiger partial charge in [-0.3, -0.25) is 0 Å². The Hall–Kier alpha value is -1.51. The summed E-state index contributed by atoms with van der Waals surface area (Å²) < 4.78 is 12.8. The minimum absolute atomic E-state index is 0.864. The molecule has 1 aromatic carbocycles. The molecular weight excluding hydrogens is 190 g/mol. The van der Waals surface area contributed by atoms with Crippen molar-refractivity contribution in [1.29, 1.82) is 0 Å². The Morgan fingerprint density at radius 2 is 2.00 bits per heavy atom. The van der Waals surface area contributed by atoms with Crippen molar-refractivity contribution < 1.29 is 14.0 Å². The molecule has 0 amide bonds. The summed E-state index contributed by atoms with van der Waals surface area (Å²) in [5.41, 5.74) is 2.47. The first-order valence-corrected chi connectivity index (χ1v) is 5.04. The van der Waals surface area contributed by atoms with Gasteiger partial charge in [0.2, 0.25) is 0 Å². The minimum Gasteiger partial charge on any atom is -0.497 e. The quantitative estimate of drug-likeness (QED) is 0.681. The summed E-state index contributed by atoms with van der Waals surface area (Å²) in [5.74, 6) is 1.75. The Balaban J connectivity index is 2.55. The molecule has 0 atom stereocenters. The van der Waals surface area contributed by atoms with Crippen LogP contribution in [0, 0.1) is 0 Å². The molecule has 0 aromatic heterocycles. The highest BCUT2D eigenvalue weighted by Gasteiger charge is 2.18. The number of hydrogen-bond acceptors (Lipinski definition) is 2. The van der Waals surface area contributed by atoms with Gasteiger partial charge in [0, 0.05) is 12.5 Å². The van der Waals surface area contributed by atoms with E-state index in [2.05, 4.69) is 23.9 Å². The second-order valence-electron chi connectivity index (χ2n) is 3.76. The Bertz CT molecular complexity index is 410. The average molecular weight is 206 g/mol. The van der Waals surface area contributed by atoms with E-state index in [1.54, 1.807) is 14.2 Å². The maximum atomic E-state index is 5.37. The summed E-state index contributed by atoms with van der Waals surface area (Å²) in [6.45, 7) is 1.04. The summed E-state index contributed by atoms with van der Waals surface area (Å²) in [6, 6.07) is 4.01. The molecular formula is C12H16NO2+. The number of hydrogen-bond donors (Lipinski definition) is 0. The summed E-state index contributed by atoms with van der Waals surface area (Å²) in [7, 11) is 5.45. The van der Waals surface area contributed by atoms with Gasteiger partial charge in [-0.25, -0.2) is 4.58 Å². The van der Waals surface area contributed by atoms with Crippen LogP contribution in [0.3, 0.4) is 0 Å². The first kappa shape index (κ1) is 10.0. The van der Waals surface area contributed by atoms with Crippen LogP contribution in [0.2, 0.25) is 0 Å². The van der Waals surface area contributed by atoms with Crippen molar-refractivity contribution in [3.63, 3.8) is 0 Å². The van der Waals surface area contributed by atoms with Gasteiger partial charge in [0.25, 0.3) is 0 Å². The fourth-order valence-corrected chi connectivity index (χ4v) is 1.88. The maximum Gasteiger partial charge on any atom is 0.174 e. The average Bonchev–Trinajstić information content (AvgIpc) is 2.27. The van der Waals surface area contributed by atoms with E-state index in [0.717, 1.165) is 24.5 Å². The van der Waals surface area contributed by atoms with E-state index in [0.29, 0.717) is 0 Å². The van der Waals surface area contributed by atoms with Crippen LogP contribution in [-0.4, -0.2) is 38.6 Å². The van der Waals surface area contributed by atoms with Crippen LogP contribution >= 0.6 is 0 Å². The number of nitrogens with zero attached hydrogens (tertiary/aromatic N) is 1. The van der Waals surface area contributed by atoms with E-state index in [9.17, 15) is 0 Å². The molecule has 1 aliphatic rings. The van der Waals surface area contributed by atoms with Crippen molar-refractivity contribution in [2.45, 2.75) is 6.42 Å². The molecule has 1 aromatic rings. The second kappa shape index (κ2) is 3.93. The van der Waals surface area contributed by atoms with Crippen LogP contribution in [0.25, 0.3) is 0 Å². The van der Waals surface area contributed by atoms with Crippen molar-refractivity contribution in [3.8, 4) is 11.5 Å². The molecule has 3 heteroatoms. The number of rotatable bonds is 2. The molecule has 3 nitrogen and oxygen atoms in total. The lowest BCUT2D eigenvalue weighted by Gasteiger charge is -2.15. The predicted octanol–water partition coefficient (Wildman–Crippen LogP) is 1.32. The summed E-state index contributed by atoms with van der Waals surface area (Å²) >= 11 is 0. The van der Waals surface area contributed by atoms with Crippen LogP contribution in [-0.2, 0) is 6.42 Å². The lowest BCUT2D eigenvalue weighted by molar-refractivity contribution is -0.493. The molecule has 0 radical (unpaired) electrons. The van der Waals surface area contributed by atoms with Crippen molar-refractivity contribution in [3.05, 3.63) is 23.3 Å². The fourth-order valence-electron chi connectivity index (χ4n) is 1.88. The normalized spacial score (nSPS) is 14.2. The number of benzene rings is 1. The standard InChI is InChI=1S/C12H16NO2/c1-13-5-4-9-6-10(14-2)7-12(15-3)11(9)8-13/h6-8H,4-5H2,1-3H3/q+1. The van der Waals surface area contributed by atoms with Crippen molar-refractivity contribution in [2.24, 2.45) is 0 Å². The fraction of sp³-hybridized carbons (Fsp3) is 0.417. The Morgan fingerprint density at radius 1 is 1.20 bits per heavy atom. The SMILES string of the molecule is COc1cc2c(c(OC)c1)C=[N+](C)CC2. The lowest BCUT2D eigenvalue weighted by atomic mass is 10.0. The first-order valence-electron chi connectivity index (χ1n) is 5.04. The van der Waals surface area contributed by atoms with E-state index >= 15 is 0 Å². The zero-order chi connectivity index (χ0) is 10.8. The lowest BCUT2D eigenvalue weighted by Crippen LogP contribution is -2.19. The number of ether oxygens (including phenoxy) is 2. The predicted molar refractivity (Wildman–Crippen MR) is 59.5 cm³/mol. The molecule has 0 saturated carbocycles. The van der Waals surface area contributed by atoms with E-state index in [-0.39, 0.29) is 0 Å². The zero-order valence-electron chi connectivity index (χ0n) is 9.41. The van der Waals surface area contributed by atoms with Crippen LogP contribution < -0.4 is 9.47 Å². The van der Waals surface area contributed by atoms with Crippen LogP contribution in [0.4, 0.5) is 0 Å². The highest BCUT2D eigenvalue weighted by atomic mass is 16.5. The molecule has 1 heterocycles. The van der Waals surface area contributed by atoms with Gasteiger partial charge >= 0.3 is 0 Å². The molecule has 0 spiro atoms. The first-order chi connectivity index (χ1) is 7.24. The summed E-state index contributed by atoms with van der Waals surface area (Å²) in [5, 5.41) is 0. The van der Waals surface area contributed by atoms with Crippen molar-refractivity contribution >= 4 is 6.21 Å². The molecule has 15 heavy (non-hydrogen) atoms. The molecule has 80 valence electrons. The highest BCUT2D eigenvalue weighted by Crippen LogP contribution is 2.29. The van der Waals surface area contributed by atoms with Gasteiger partial charge < -0.3 is 9.47 Å². The minimum atomic E-state index is 0.864. The van der Waals surface area contributed by atoms with Gasteiger partial charge in [-0.1, -0.05) is 0 Å². The third kappa shape index (κ3) is 1.82.